The number of pyridine rings is 2. The van der Waals surface area contributed by atoms with Gasteiger partial charge in [0.1, 0.15) is 29.3 Å². The Kier molecular flexibility index (Phi) is 11.7. The smallest absolute Gasteiger partial charge is 0.229 e. The fourth-order valence-corrected chi connectivity index (χ4v) is 12.4. The lowest BCUT2D eigenvalue weighted by Gasteiger charge is -2.51. The van der Waals surface area contributed by atoms with Crippen molar-refractivity contribution >= 4 is 32.6 Å². The maximum Gasteiger partial charge on any atom is 0.229 e. The van der Waals surface area contributed by atoms with Crippen LogP contribution in [0.25, 0.3) is 55.1 Å². The maximum atomic E-state index is 7.84. The van der Waals surface area contributed by atoms with Gasteiger partial charge in [0.2, 0.25) is 11.8 Å². The van der Waals surface area contributed by atoms with Gasteiger partial charge in [0.05, 0.1) is 37.3 Å². The lowest BCUT2D eigenvalue weighted by atomic mass is 9.73. The van der Waals surface area contributed by atoms with Crippen LogP contribution >= 0.6 is 0 Å². The fourth-order valence-electron chi connectivity index (χ4n) is 12.4. The van der Waals surface area contributed by atoms with E-state index in [-0.39, 0.29) is 12.1 Å². The molecule has 70 heavy (non-hydrogen) atoms. The molecule has 352 valence electrons. The molecule has 0 amide bonds. The third-order valence-corrected chi connectivity index (χ3v) is 16.0. The highest BCUT2D eigenvalue weighted by Crippen LogP contribution is 2.50. The maximum absolute atomic E-state index is 7.84. The number of piperidine rings is 6. The van der Waals surface area contributed by atoms with Crippen molar-refractivity contribution in [3.63, 3.8) is 0 Å². The molecule has 6 fully saturated rings. The second-order valence-electron chi connectivity index (χ2n) is 19.6. The molecule has 4 bridgehead atoms. The Hall–Kier alpha value is -7.14. The van der Waals surface area contributed by atoms with Crippen LogP contribution in [-0.2, 0) is 0 Å². The first-order chi connectivity index (χ1) is 34.5. The Bertz CT molecular complexity index is 3090. The quantitative estimate of drug-likeness (QED) is 0.0981. The van der Waals surface area contributed by atoms with Crippen molar-refractivity contribution in [1.82, 2.24) is 29.7 Å². The number of methoxy groups -OCH3 is 2. The van der Waals surface area contributed by atoms with Crippen LogP contribution in [0.3, 0.4) is 0 Å². The third kappa shape index (κ3) is 7.93. The van der Waals surface area contributed by atoms with Gasteiger partial charge in [0.15, 0.2) is 5.82 Å². The van der Waals surface area contributed by atoms with E-state index in [2.05, 4.69) is 126 Å². The number of hydrogen-bond donors (Lipinski definition) is 0. The molecule has 10 heteroatoms. The minimum atomic E-state index is -0.458. The van der Waals surface area contributed by atoms with Crippen molar-refractivity contribution in [2.45, 2.75) is 50.0 Å². The second kappa shape index (κ2) is 18.6. The summed E-state index contributed by atoms with van der Waals surface area (Å²) in [7, 11) is 3.42. The van der Waals surface area contributed by atoms with Crippen molar-refractivity contribution in [2.24, 2.45) is 23.7 Å². The van der Waals surface area contributed by atoms with Gasteiger partial charge in [-0.2, -0.15) is 9.97 Å². The lowest BCUT2D eigenvalue weighted by molar-refractivity contribution is -0.0388. The van der Waals surface area contributed by atoms with Gasteiger partial charge < -0.3 is 18.9 Å². The van der Waals surface area contributed by atoms with E-state index in [0.29, 0.717) is 46.8 Å². The van der Waals surface area contributed by atoms with Crippen molar-refractivity contribution in [2.75, 3.05) is 40.4 Å². The van der Waals surface area contributed by atoms with Gasteiger partial charge in [-0.3, -0.25) is 19.8 Å². The number of nitrogens with zero attached hydrogens (tertiary/aromatic N) is 6. The van der Waals surface area contributed by atoms with Crippen LogP contribution in [0, 0.1) is 23.7 Å². The molecule has 14 rings (SSSR count). The molecular formula is C60H58N6O4. The molecule has 0 N–H and O–H groups in total. The molecule has 0 radical (unpaired) electrons. The van der Waals surface area contributed by atoms with Crippen molar-refractivity contribution < 1.29 is 18.9 Å². The molecule has 6 saturated heterocycles. The summed E-state index contributed by atoms with van der Waals surface area (Å²) < 4.78 is 27.4. The predicted molar refractivity (Wildman–Crippen MR) is 277 cm³/mol. The molecule has 0 spiro atoms. The topological polar surface area (TPSA) is 95.0 Å². The summed E-state index contributed by atoms with van der Waals surface area (Å²) >= 11 is 0. The van der Waals surface area contributed by atoms with Gasteiger partial charge in [-0.05, 0) is 127 Å². The van der Waals surface area contributed by atoms with Crippen LogP contribution in [0.5, 0.6) is 23.3 Å². The van der Waals surface area contributed by atoms with E-state index in [1.807, 2.05) is 42.7 Å². The summed E-state index contributed by atoms with van der Waals surface area (Å²) in [5.74, 6) is 4.78. The van der Waals surface area contributed by atoms with Gasteiger partial charge >= 0.3 is 0 Å². The number of benzene rings is 5. The normalized spacial score (nSPS) is 24.5. The Morgan fingerprint density at radius 2 is 1.11 bits per heavy atom. The number of fused-ring (bicyclic) bond motifs is 9. The molecule has 2 unspecified atom stereocenters. The van der Waals surface area contributed by atoms with Crippen molar-refractivity contribution in [1.29, 1.82) is 0 Å². The predicted octanol–water partition coefficient (Wildman–Crippen LogP) is 12.1. The summed E-state index contributed by atoms with van der Waals surface area (Å²) in [6.07, 6.45) is 11.3. The zero-order chi connectivity index (χ0) is 47.3. The van der Waals surface area contributed by atoms with Crippen LogP contribution in [0.4, 0.5) is 0 Å². The summed E-state index contributed by atoms with van der Waals surface area (Å²) in [5.41, 5.74) is 6.29. The monoisotopic (exact) mass is 926 g/mol. The van der Waals surface area contributed by atoms with E-state index >= 15 is 0 Å². The zero-order valence-electron chi connectivity index (χ0n) is 39.9. The highest BCUT2D eigenvalue weighted by atomic mass is 16.5. The Morgan fingerprint density at radius 3 is 1.63 bits per heavy atom. The van der Waals surface area contributed by atoms with Gasteiger partial charge in [-0.15, -0.1) is 13.2 Å². The first-order valence-corrected chi connectivity index (χ1v) is 24.9. The molecule has 6 aliphatic heterocycles. The lowest BCUT2D eigenvalue weighted by Crippen LogP contribution is -2.55. The number of aromatic nitrogens is 4. The van der Waals surface area contributed by atoms with E-state index in [0.717, 1.165) is 118 Å². The minimum Gasteiger partial charge on any atom is -0.497 e. The van der Waals surface area contributed by atoms with Crippen LogP contribution in [-0.4, -0.2) is 82.2 Å². The molecule has 0 aliphatic carbocycles. The van der Waals surface area contributed by atoms with E-state index < -0.39 is 12.2 Å². The highest BCUT2D eigenvalue weighted by molar-refractivity contribution is 5.95. The van der Waals surface area contributed by atoms with Gasteiger partial charge in [-0.1, -0.05) is 84.9 Å². The molecule has 5 aromatic carbocycles. The zero-order valence-corrected chi connectivity index (χ0v) is 39.9. The highest BCUT2D eigenvalue weighted by Gasteiger charge is 2.46. The van der Waals surface area contributed by atoms with Gasteiger partial charge in [-0.25, -0.2) is 0 Å². The number of ether oxygens (including phenoxy) is 4. The van der Waals surface area contributed by atoms with E-state index in [1.165, 1.54) is 0 Å². The molecule has 10 nitrogen and oxygen atoms in total. The Labute approximate surface area is 409 Å². The van der Waals surface area contributed by atoms with Crippen LogP contribution in [0.2, 0.25) is 0 Å². The number of hydrogen-bond acceptors (Lipinski definition) is 10. The SMILES string of the molecule is C=C[C@H]1CN2CC[C@H]1C[C@H]2[C@H](Oc1nc(-c2cccc3ccccc23)nc(O[C@H](c2ccnc3ccc(OC)cc23)[C@@H]2C[C@@H]3CCN2C[C@@H]3C=C)c1-c1ccccc1)c1ccnc2ccc(OC)cc12. The Morgan fingerprint density at radius 1 is 0.586 bits per heavy atom. The summed E-state index contributed by atoms with van der Waals surface area (Å²) in [4.78, 5) is 26.1. The largest absolute Gasteiger partial charge is 0.497 e. The van der Waals surface area contributed by atoms with E-state index in [1.54, 1.807) is 14.2 Å². The van der Waals surface area contributed by atoms with Crippen molar-refractivity contribution in [3.05, 3.63) is 170 Å². The van der Waals surface area contributed by atoms with E-state index in [4.69, 9.17) is 38.9 Å². The molecule has 10 atom stereocenters. The van der Waals surface area contributed by atoms with E-state index in [9.17, 15) is 0 Å². The second-order valence-corrected chi connectivity index (χ2v) is 19.6. The molecule has 6 aliphatic rings. The summed E-state index contributed by atoms with van der Waals surface area (Å²) in [6, 6.07) is 41.6. The van der Waals surface area contributed by atoms with Crippen LogP contribution in [0.1, 0.15) is 49.0 Å². The fraction of sp³-hybridized carbons (Fsp3) is 0.300. The minimum absolute atomic E-state index is 0.0324. The van der Waals surface area contributed by atoms with Gasteiger partial charge in [0.25, 0.3) is 0 Å². The molecular weight excluding hydrogens is 869 g/mol. The average molecular weight is 927 g/mol. The molecule has 9 heterocycles. The molecule has 3 aromatic heterocycles. The first kappa shape index (κ1) is 44.1. The standard InChI is InChI=1S/C60H58N6O4/c1-5-37-35-65-29-25-41(37)31-53(65)56(46-23-27-61-51-21-19-43(67-3)33-49(46)51)69-59-55(40-14-8-7-9-15-40)60(64-58(63-59)48-18-12-16-39-13-10-11-17-45(39)48)70-57(54-32-42-26-30-66(54)36-38(42)6-2)47-24-28-62-52-22-20-44(68-4)34-50(47)52/h5-24,27-28,33-34,37-38,41-42,53-54,56-57H,1-2,25-26,29-32,35-36H2,3-4H3/t37-,38-,41-,42-,53-,54-,56+,57+/m0/s1. The third-order valence-electron chi connectivity index (χ3n) is 16.0. The van der Waals surface area contributed by atoms with Crippen molar-refractivity contribution in [3.8, 4) is 45.8 Å². The van der Waals surface area contributed by atoms with Gasteiger partial charge in [0, 0.05) is 52.9 Å². The van der Waals surface area contributed by atoms with Crippen LogP contribution in [0.15, 0.2) is 159 Å². The molecule has 0 saturated carbocycles. The average Bonchev–Trinajstić information content (AvgIpc) is 3.43. The Balaban J connectivity index is 1.10. The number of rotatable bonds is 14. The summed E-state index contributed by atoms with van der Waals surface area (Å²) in [6.45, 7) is 12.4. The van der Waals surface area contributed by atoms with Crippen LogP contribution < -0.4 is 18.9 Å². The molecule has 8 aromatic rings. The first-order valence-electron chi connectivity index (χ1n) is 24.9. The summed E-state index contributed by atoms with van der Waals surface area (Å²) in [5, 5.41) is 4.10.